The van der Waals surface area contributed by atoms with Gasteiger partial charge in [-0.25, -0.2) is 0 Å². The van der Waals surface area contributed by atoms with E-state index in [-0.39, 0.29) is 11.8 Å². The van der Waals surface area contributed by atoms with Gasteiger partial charge in [0, 0.05) is 35.8 Å². The Kier molecular flexibility index (Phi) is 5.79. The number of amides is 2. The first kappa shape index (κ1) is 17.3. The van der Waals surface area contributed by atoms with Crippen molar-refractivity contribution in [3.05, 3.63) is 29.3 Å². The Morgan fingerprint density at radius 1 is 1.25 bits per heavy atom. The van der Waals surface area contributed by atoms with Gasteiger partial charge in [0.2, 0.25) is 5.91 Å². The molecule has 6 heteroatoms. The molecule has 5 nitrogen and oxygen atoms in total. The highest BCUT2D eigenvalue weighted by molar-refractivity contribution is 7.99. The molecule has 0 spiro atoms. The van der Waals surface area contributed by atoms with Gasteiger partial charge in [-0.2, -0.15) is 11.8 Å². The molecule has 1 aliphatic carbocycles. The number of thioether (sulfide) groups is 1. The molecule has 3 rings (SSSR count). The van der Waals surface area contributed by atoms with Gasteiger partial charge in [0.05, 0.1) is 6.54 Å². The molecule has 2 fully saturated rings. The second-order valence-corrected chi connectivity index (χ2v) is 7.78. The molecule has 1 aromatic rings. The number of nitrogens with one attached hydrogen (secondary N) is 2. The minimum Gasteiger partial charge on any atom is -0.337 e. The lowest BCUT2D eigenvalue weighted by Crippen LogP contribution is -2.37. The third-order valence-electron chi connectivity index (χ3n) is 4.46. The summed E-state index contributed by atoms with van der Waals surface area (Å²) in [6.07, 6.45) is 2.55. The largest absolute Gasteiger partial charge is 0.337 e. The first-order valence-corrected chi connectivity index (χ1v) is 9.77. The summed E-state index contributed by atoms with van der Waals surface area (Å²) in [5.74, 6) is 2.82. The highest BCUT2D eigenvalue weighted by Gasteiger charge is 2.21. The smallest absolute Gasteiger partial charge is 0.253 e. The molecule has 2 amide bonds. The molecule has 0 bridgehead atoms. The average molecular weight is 347 g/mol. The molecule has 1 saturated carbocycles. The maximum atomic E-state index is 12.5. The van der Waals surface area contributed by atoms with Crippen molar-refractivity contribution in [2.45, 2.75) is 19.8 Å². The van der Waals surface area contributed by atoms with E-state index in [0.717, 1.165) is 48.3 Å². The molecule has 2 N–H and O–H groups in total. The van der Waals surface area contributed by atoms with Crippen molar-refractivity contribution in [1.29, 1.82) is 0 Å². The molecule has 0 unspecified atom stereocenters. The monoisotopic (exact) mass is 347 g/mol. The van der Waals surface area contributed by atoms with Gasteiger partial charge in [0.25, 0.3) is 5.91 Å². The molecule has 1 saturated heterocycles. The highest BCUT2D eigenvalue weighted by Crippen LogP contribution is 2.27. The molecule has 0 radical (unpaired) electrons. The third-order valence-corrected chi connectivity index (χ3v) is 5.40. The van der Waals surface area contributed by atoms with Gasteiger partial charge in [0.15, 0.2) is 0 Å². The summed E-state index contributed by atoms with van der Waals surface area (Å²) in [6, 6.07) is 5.52. The Balaban J connectivity index is 1.55. The number of hydrogen-bond donors (Lipinski definition) is 2. The second-order valence-electron chi connectivity index (χ2n) is 6.56. The number of anilines is 1. The van der Waals surface area contributed by atoms with E-state index >= 15 is 0 Å². The number of aryl methyl sites for hydroxylation is 1. The van der Waals surface area contributed by atoms with E-state index in [1.807, 2.05) is 41.8 Å². The summed E-state index contributed by atoms with van der Waals surface area (Å²) in [5, 5.41) is 6.10. The highest BCUT2D eigenvalue weighted by atomic mass is 32.2. The Hall–Kier alpha value is -1.53. The maximum Gasteiger partial charge on any atom is 0.253 e. The van der Waals surface area contributed by atoms with Crippen LogP contribution in [0.4, 0.5) is 5.69 Å². The van der Waals surface area contributed by atoms with E-state index in [1.165, 1.54) is 12.8 Å². The Bertz CT molecular complexity index is 610. The SMILES string of the molecule is Cc1cc(C(=O)N2CCSCC2)ccc1NC(=O)CNCC1CC1. The fraction of sp³-hybridized carbons (Fsp3) is 0.556. The van der Waals surface area contributed by atoms with E-state index in [0.29, 0.717) is 12.1 Å². The summed E-state index contributed by atoms with van der Waals surface area (Å²) in [7, 11) is 0. The van der Waals surface area contributed by atoms with Gasteiger partial charge >= 0.3 is 0 Å². The van der Waals surface area contributed by atoms with Crippen molar-refractivity contribution in [3.63, 3.8) is 0 Å². The first-order chi connectivity index (χ1) is 11.6. The van der Waals surface area contributed by atoms with E-state index in [4.69, 9.17) is 0 Å². The number of carbonyl (C=O) groups excluding carboxylic acids is 2. The van der Waals surface area contributed by atoms with Crippen LogP contribution in [-0.2, 0) is 4.79 Å². The van der Waals surface area contributed by atoms with Crippen LogP contribution in [0.2, 0.25) is 0 Å². The van der Waals surface area contributed by atoms with Crippen molar-refractivity contribution in [2.75, 3.05) is 43.0 Å². The van der Waals surface area contributed by atoms with Crippen molar-refractivity contribution in [2.24, 2.45) is 5.92 Å². The van der Waals surface area contributed by atoms with Crippen LogP contribution >= 0.6 is 11.8 Å². The molecule has 24 heavy (non-hydrogen) atoms. The topological polar surface area (TPSA) is 61.4 Å². The zero-order chi connectivity index (χ0) is 16.9. The Morgan fingerprint density at radius 2 is 2.00 bits per heavy atom. The minimum absolute atomic E-state index is 0.0362. The van der Waals surface area contributed by atoms with Gasteiger partial charge in [-0.05, 0) is 56.0 Å². The van der Waals surface area contributed by atoms with E-state index < -0.39 is 0 Å². The predicted octanol–water partition coefficient (Wildman–Crippen LogP) is 2.12. The van der Waals surface area contributed by atoms with Gasteiger partial charge in [-0.1, -0.05) is 0 Å². The Labute approximate surface area is 147 Å². The van der Waals surface area contributed by atoms with Crippen molar-refractivity contribution in [3.8, 4) is 0 Å². The lowest BCUT2D eigenvalue weighted by Gasteiger charge is -2.26. The fourth-order valence-electron chi connectivity index (χ4n) is 2.79. The third kappa shape index (κ3) is 4.74. The summed E-state index contributed by atoms with van der Waals surface area (Å²) in [6.45, 7) is 4.81. The minimum atomic E-state index is -0.0362. The molecular formula is C18H25N3O2S. The fourth-order valence-corrected chi connectivity index (χ4v) is 3.70. The van der Waals surface area contributed by atoms with Crippen LogP contribution < -0.4 is 10.6 Å². The van der Waals surface area contributed by atoms with Crippen molar-refractivity contribution < 1.29 is 9.59 Å². The molecule has 2 aliphatic rings. The summed E-state index contributed by atoms with van der Waals surface area (Å²) in [5.41, 5.74) is 2.39. The maximum absolute atomic E-state index is 12.5. The zero-order valence-corrected chi connectivity index (χ0v) is 15.0. The lowest BCUT2D eigenvalue weighted by molar-refractivity contribution is -0.115. The van der Waals surface area contributed by atoms with E-state index in [9.17, 15) is 9.59 Å². The molecule has 0 aromatic heterocycles. The van der Waals surface area contributed by atoms with Crippen LogP contribution in [0, 0.1) is 12.8 Å². The number of benzene rings is 1. The normalized spacial score (nSPS) is 17.6. The second kappa shape index (κ2) is 8.03. The van der Waals surface area contributed by atoms with Crippen LogP contribution in [-0.4, -0.2) is 54.4 Å². The molecule has 1 heterocycles. The zero-order valence-electron chi connectivity index (χ0n) is 14.1. The quantitative estimate of drug-likeness (QED) is 0.827. The summed E-state index contributed by atoms with van der Waals surface area (Å²) >= 11 is 1.89. The van der Waals surface area contributed by atoms with Crippen LogP contribution in [0.1, 0.15) is 28.8 Å². The van der Waals surface area contributed by atoms with Crippen LogP contribution in [0.5, 0.6) is 0 Å². The number of carbonyl (C=O) groups is 2. The molecule has 0 atom stereocenters. The van der Waals surface area contributed by atoms with E-state index in [2.05, 4.69) is 10.6 Å². The summed E-state index contributed by atoms with van der Waals surface area (Å²) < 4.78 is 0. The lowest BCUT2D eigenvalue weighted by atomic mass is 10.1. The molecular weight excluding hydrogens is 322 g/mol. The van der Waals surface area contributed by atoms with Crippen LogP contribution in [0.15, 0.2) is 18.2 Å². The molecule has 1 aromatic carbocycles. The van der Waals surface area contributed by atoms with Crippen molar-refractivity contribution in [1.82, 2.24) is 10.2 Å². The predicted molar refractivity (Wildman–Crippen MR) is 98.6 cm³/mol. The van der Waals surface area contributed by atoms with E-state index in [1.54, 1.807) is 0 Å². The summed E-state index contributed by atoms with van der Waals surface area (Å²) in [4.78, 5) is 26.4. The first-order valence-electron chi connectivity index (χ1n) is 8.62. The van der Waals surface area contributed by atoms with Gasteiger partial charge < -0.3 is 15.5 Å². The number of hydrogen-bond acceptors (Lipinski definition) is 4. The Morgan fingerprint density at radius 3 is 2.67 bits per heavy atom. The number of rotatable bonds is 6. The van der Waals surface area contributed by atoms with Crippen LogP contribution in [0.3, 0.4) is 0 Å². The van der Waals surface area contributed by atoms with Crippen LogP contribution in [0.25, 0.3) is 0 Å². The van der Waals surface area contributed by atoms with Gasteiger partial charge in [0.1, 0.15) is 0 Å². The van der Waals surface area contributed by atoms with Gasteiger partial charge in [-0.3, -0.25) is 9.59 Å². The van der Waals surface area contributed by atoms with Gasteiger partial charge in [-0.15, -0.1) is 0 Å². The average Bonchev–Trinajstić information content (AvgIpc) is 3.41. The molecule has 1 aliphatic heterocycles. The van der Waals surface area contributed by atoms with Crippen molar-refractivity contribution >= 4 is 29.3 Å². The standard InChI is InChI=1S/C18H25N3O2S/c1-13-10-15(18(23)21-6-8-24-9-7-21)4-5-16(13)20-17(22)12-19-11-14-2-3-14/h4-5,10,14,19H,2-3,6-9,11-12H2,1H3,(H,20,22). The molecule has 130 valence electrons. The number of nitrogens with zero attached hydrogens (tertiary/aromatic N) is 1.